The van der Waals surface area contributed by atoms with Crippen LogP contribution in [0.3, 0.4) is 0 Å². The predicted octanol–water partition coefficient (Wildman–Crippen LogP) is 2.78. The van der Waals surface area contributed by atoms with Gasteiger partial charge in [0.05, 0.1) is 6.61 Å². The zero-order valence-electron chi connectivity index (χ0n) is 15.2. The lowest BCUT2D eigenvalue weighted by Gasteiger charge is -2.32. The number of piperidine rings is 1. The van der Waals surface area contributed by atoms with Gasteiger partial charge in [-0.1, -0.05) is 17.7 Å². The summed E-state index contributed by atoms with van der Waals surface area (Å²) in [6.45, 7) is 4.58. The summed E-state index contributed by atoms with van der Waals surface area (Å²) in [4.78, 5) is 26.1. The topological polar surface area (TPSA) is 70.7 Å². The predicted molar refractivity (Wildman–Crippen MR) is 98.6 cm³/mol. The Morgan fingerprint density at radius 3 is 2.76 bits per heavy atom. The van der Waals surface area contributed by atoms with E-state index in [1.54, 1.807) is 7.11 Å². The fraction of sp³-hybridized carbons (Fsp3) is 0.579. The van der Waals surface area contributed by atoms with Gasteiger partial charge in [-0.2, -0.15) is 0 Å². The minimum atomic E-state index is -0.0573. The molecule has 1 aromatic carbocycles. The molecule has 1 aliphatic heterocycles. The van der Waals surface area contributed by atoms with Crippen LogP contribution in [0, 0.1) is 12.8 Å². The van der Waals surface area contributed by atoms with Crippen LogP contribution in [0.1, 0.15) is 31.2 Å². The van der Waals surface area contributed by atoms with E-state index in [1.165, 1.54) is 5.56 Å². The molecule has 6 heteroatoms. The summed E-state index contributed by atoms with van der Waals surface area (Å²) in [6, 6.07) is 7.74. The number of amides is 3. The zero-order chi connectivity index (χ0) is 18.1. The molecule has 0 aliphatic carbocycles. The lowest BCUT2D eigenvalue weighted by Crippen LogP contribution is -2.42. The second-order valence-electron chi connectivity index (χ2n) is 6.63. The number of benzene rings is 1. The minimum absolute atomic E-state index is 0.0540. The highest BCUT2D eigenvalue weighted by atomic mass is 16.5. The van der Waals surface area contributed by atoms with Gasteiger partial charge in [0.25, 0.3) is 0 Å². The summed E-state index contributed by atoms with van der Waals surface area (Å²) in [5, 5.41) is 5.79. The molecule has 0 radical (unpaired) electrons. The number of hydrogen-bond acceptors (Lipinski definition) is 3. The van der Waals surface area contributed by atoms with Crippen molar-refractivity contribution in [1.82, 2.24) is 10.2 Å². The van der Waals surface area contributed by atoms with Crippen LogP contribution in [0.15, 0.2) is 24.3 Å². The molecule has 2 N–H and O–H groups in total. The van der Waals surface area contributed by atoms with Gasteiger partial charge >= 0.3 is 6.03 Å². The molecule has 1 fully saturated rings. The largest absolute Gasteiger partial charge is 0.383 e. The molecule has 25 heavy (non-hydrogen) atoms. The number of hydrogen-bond donors (Lipinski definition) is 2. The van der Waals surface area contributed by atoms with Crippen molar-refractivity contribution in [3.63, 3.8) is 0 Å². The van der Waals surface area contributed by atoms with Crippen LogP contribution in [-0.4, -0.2) is 50.2 Å². The molecule has 1 saturated heterocycles. The van der Waals surface area contributed by atoms with E-state index in [1.807, 2.05) is 36.1 Å². The van der Waals surface area contributed by atoms with Gasteiger partial charge in [-0.15, -0.1) is 0 Å². The van der Waals surface area contributed by atoms with E-state index < -0.39 is 0 Å². The third kappa shape index (κ3) is 6.74. The Morgan fingerprint density at radius 1 is 1.28 bits per heavy atom. The van der Waals surface area contributed by atoms with Crippen molar-refractivity contribution in [1.29, 1.82) is 0 Å². The number of carbonyl (C=O) groups excluding carboxylic acids is 2. The smallest absolute Gasteiger partial charge is 0.321 e. The number of methoxy groups -OCH3 is 1. The molecule has 0 bridgehead atoms. The highest BCUT2D eigenvalue weighted by molar-refractivity contribution is 5.89. The fourth-order valence-corrected chi connectivity index (χ4v) is 3.04. The SMILES string of the molecule is COCCNC(=O)CC[C@H]1CCCN(C(=O)Nc2ccc(C)cc2)C1. The van der Waals surface area contributed by atoms with Crippen molar-refractivity contribution in [2.24, 2.45) is 5.92 Å². The van der Waals surface area contributed by atoms with Crippen molar-refractivity contribution in [2.75, 3.05) is 38.7 Å². The fourth-order valence-electron chi connectivity index (χ4n) is 3.04. The number of ether oxygens (including phenoxy) is 1. The van der Waals surface area contributed by atoms with Gasteiger partial charge in [0.15, 0.2) is 0 Å². The summed E-state index contributed by atoms with van der Waals surface area (Å²) in [7, 11) is 1.62. The van der Waals surface area contributed by atoms with Crippen molar-refractivity contribution < 1.29 is 14.3 Å². The number of likely N-dealkylation sites (tertiary alicyclic amines) is 1. The minimum Gasteiger partial charge on any atom is -0.383 e. The van der Waals surface area contributed by atoms with Crippen LogP contribution < -0.4 is 10.6 Å². The Bertz CT molecular complexity index is 560. The van der Waals surface area contributed by atoms with E-state index in [4.69, 9.17) is 4.74 Å². The Balaban J connectivity index is 1.74. The maximum absolute atomic E-state index is 12.4. The van der Waals surface area contributed by atoms with Gasteiger partial charge in [-0.25, -0.2) is 4.79 Å². The second kappa shape index (κ2) is 10.0. The number of rotatable bonds is 7. The quantitative estimate of drug-likeness (QED) is 0.745. The van der Waals surface area contributed by atoms with Crippen molar-refractivity contribution >= 4 is 17.6 Å². The van der Waals surface area contributed by atoms with Crippen LogP contribution >= 0.6 is 0 Å². The maximum atomic E-state index is 12.4. The van der Waals surface area contributed by atoms with E-state index in [0.717, 1.165) is 31.5 Å². The summed E-state index contributed by atoms with van der Waals surface area (Å²) in [6.07, 6.45) is 3.37. The summed E-state index contributed by atoms with van der Waals surface area (Å²) >= 11 is 0. The molecule has 0 unspecified atom stereocenters. The third-order valence-electron chi connectivity index (χ3n) is 4.52. The van der Waals surface area contributed by atoms with Crippen molar-refractivity contribution in [3.05, 3.63) is 29.8 Å². The van der Waals surface area contributed by atoms with Gasteiger partial charge in [0.1, 0.15) is 0 Å². The van der Waals surface area contributed by atoms with E-state index in [-0.39, 0.29) is 11.9 Å². The average Bonchev–Trinajstić information content (AvgIpc) is 2.62. The molecule has 0 aromatic heterocycles. The lowest BCUT2D eigenvalue weighted by molar-refractivity contribution is -0.121. The number of nitrogens with zero attached hydrogens (tertiary/aromatic N) is 1. The van der Waals surface area contributed by atoms with Crippen molar-refractivity contribution in [2.45, 2.75) is 32.6 Å². The molecule has 138 valence electrons. The average molecular weight is 347 g/mol. The third-order valence-corrected chi connectivity index (χ3v) is 4.52. The summed E-state index contributed by atoms with van der Waals surface area (Å²) in [5.41, 5.74) is 1.98. The van der Waals surface area contributed by atoms with Crippen molar-refractivity contribution in [3.8, 4) is 0 Å². The highest BCUT2D eigenvalue weighted by Crippen LogP contribution is 2.22. The number of carbonyl (C=O) groups is 2. The molecular weight excluding hydrogens is 318 g/mol. The number of anilines is 1. The van der Waals surface area contributed by atoms with Crippen LogP contribution in [-0.2, 0) is 9.53 Å². The first-order chi connectivity index (χ1) is 12.1. The molecule has 6 nitrogen and oxygen atoms in total. The molecule has 2 rings (SSSR count). The van der Waals surface area contributed by atoms with E-state index >= 15 is 0 Å². The lowest BCUT2D eigenvalue weighted by atomic mass is 9.93. The van der Waals surface area contributed by atoms with E-state index in [9.17, 15) is 9.59 Å². The standard InChI is InChI=1S/C19H29N3O3/c1-15-5-8-17(9-6-15)21-19(24)22-12-3-4-16(14-22)7-10-18(23)20-11-13-25-2/h5-6,8-9,16H,3-4,7,10-14H2,1-2H3,(H,20,23)(H,21,24)/t16-/m1/s1. The molecule has 0 saturated carbocycles. The van der Waals surface area contributed by atoms with Crippen LogP contribution in [0.2, 0.25) is 0 Å². The second-order valence-corrected chi connectivity index (χ2v) is 6.63. The summed E-state index contributed by atoms with van der Waals surface area (Å²) < 4.78 is 4.92. The maximum Gasteiger partial charge on any atom is 0.321 e. The van der Waals surface area contributed by atoms with E-state index in [2.05, 4.69) is 10.6 Å². The van der Waals surface area contributed by atoms with Gasteiger partial charge < -0.3 is 20.3 Å². The molecule has 1 atom stereocenters. The van der Waals surface area contributed by atoms with Gasteiger partial charge in [-0.3, -0.25) is 4.79 Å². The molecule has 0 spiro atoms. The molecular formula is C19H29N3O3. The Labute approximate surface area is 149 Å². The first-order valence-corrected chi connectivity index (χ1v) is 8.96. The van der Waals surface area contributed by atoms with Gasteiger partial charge in [-0.05, 0) is 44.2 Å². The molecule has 1 aromatic rings. The summed E-state index contributed by atoms with van der Waals surface area (Å²) in [5.74, 6) is 0.434. The Morgan fingerprint density at radius 2 is 2.04 bits per heavy atom. The van der Waals surface area contributed by atoms with Gasteiger partial charge in [0, 0.05) is 38.9 Å². The molecule has 3 amide bonds. The Kier molecular flexibility index (Phi) is 7.73. The van der Waals surface area contributed by atoms with Crippen LogP contribution in [0.25, 0.3) is 0 Å². The monoisotopic (exact) mass is 347 g/mol. The Hall–Kier alpha value is -2.08. The molecule has 1 heterocycles. The normalized spacial score (nSPS) is 17.2. The first-order valence-electron chi connectivity index (χ1n) is 8.96. The zero-order valence-corrected chi connectivity index (χ0v) is 15.2. The number of aryl methyl sites for hydroxylation is 1. The number of urea groups is 1. The highest BCUT2D eigenvalue weighted by Gasteiger charge is 2.24. The van der Waals surface area contributed by atoms with Gasteiger partial charge in [0.2, 0.25) is 5.91 Å². The van der Waals surface area contributed by atoms with Crippen LogP contribution in [0.5, 0.6) is 0 Å². The van der Waals surface area contributed by atoms with Crippen LogP contribution in [0.4, 0.5) is 10.5 Å². The molecule has 1 aliphatic rings. The number of nitrogens with one attached hydrogen (secondary N) is 2. The first kappa shape index (κ1) is 19.2. The van der Waals surface area contributed by atoms with E-state index in [0.29, 0.717) is 32.0 Å².